The summed E-state index contributed by atoms with van der Waals surface area (Å²) in [6.45, 7) is 9.27. The maximum Gasteiger partial charge on any atom is 0.226 e. The standard InChI is InChI=1S/C15H27N3OS/c1-10(2)13(18(5)6)8-16-14(19)7-12-9-20-15(17-12)11(3)4/h9-11,13H,7-8H2,1-6H3,(H,16,19)/t13-/m1/s1. The molecule has 1 amide bonds. The Balaban J connectivity index is 2.46. The van der Waals surface area contributed by atoms with E-state index in [9.17, 15) is 4.79 Å². The van der Waals surface area contributed by atoms with Gasteiger partial charge in [-0.1, -0.05) is 27.7 Å². The second-order valence-corrected chi connectivity index (χ2v) is 6.98. The largest absolute Gasteiger partial charge is 0.354 e. The highest BCUT2D eigenvalue weighted by Gasteiger charge is 2.17. The number of carbonyl (C=O) groups excluding carboxylic acids is 1. The van der Waals surface area contributed by atoms with Crippen LogP contribution in [0.1, 0.15) is 44.3 Å². The van der Waals surface area contributed by atoms with Crippen LogP contribution in [0.5, 0.6) is 0 Å². The lowest BCUT2D eigenvalue weighted by atomic mass is 10.0. The first-order chi connectivity index (χ1) is 9.31. The third-order valence-corrected chi connectivity index (χ3v) is 4.54. The number of aromatic nitrogens is 1. The molecule has 0 spiro atoms. The van der Waals surface area contributed by atoms with Crippen LogP contribution in [0, 0.1) is 5.92 Å². The minimum Gasteiger partial charge on any atom is -0.354 e. The van der Waals surface area contributed by atoms with E-state index >= 15 is 0 Å². The summed E-state index contributed by atoms with van der Waals surface area (Å²) in [5, 5.41) is 6.10. The maximum atomic E-state index is 12.0. The van der Waals surface area contributed by atoms with E-state index in [0.717, 1.165) is 10.7 Å². The summed E-state index contributed by atoms with van der Waals surface area (Å²) in [4.78, 5) is 18.6. The van der Waals surface area contributed by atoms with Crippen molar-refractivity contribution in [2.75, 3.05) is 20.6 Å². The summed E-state index contributed by atoms with van der Waals surface area (Å²) in [7, 11) is 4.10. The molecule has 0 unspecified atom stereocenters. The zero-order chi connectivity index (χ0) is 15.3. The molecule has 20 heavy (non-hydrogen) atoms. The van der Waals surface area contributed by atoms with Gasteiger partial charge in [0.25, 0.3) is 0 Å². The quantitative estimate of drug-likeness (QED) is 0.841. The number of nitrogens with one attached hydrogen (secondary N) is 1. The second-order valence-electron chi connectivity index (χ2n) is 6.09. The molecule has 114 valence electrons. The third kappa shape index (κ3) is 5.21. The number of hydrogen-bond acceptors (Lipinski definition) is 4. The van der Waals surface area contributed by atoms with Crippen molar-refractivity contribution in [3.05, 3.63) is 16.1 Å². The van der Waals surface area contributed by atoms with Gasteiger partial charge in [-0.2, -0.15) is 0 Å². The van der Waals surface area contributed by atoms with Gasteiger partial charge in [-0.25, -0.2) is 4.98 Å². The van der Waals surface area contributed by atoms with Crippen molar-refractivity contribution in [3.8, 4) is 0 Å². The first-order valence-corrected chi connectivity index (χ1v) is 8.06. The van der Waals surface area contributed by atoms with Crippen LogP contribution in [0.4, 0.5) is 0 Å². The Labute approximate surface area is 126 Å². The number of nitrogens with zero attached hydrogens (tertiary/aromatic N) is 2. The molecule has 1 atom stereocenters. The lowest BCUT2D eigenvalue weighted by molar-refractivity contribution is -0.120. The van der Waals surface area contributed by atoms with Gasteiger partial charge in [-0.05, 0) is 20.0 Å². The van der Waals surface area contributed by atoms with E-state index < -0.39 is 0 Å². The molecule has 5 heteroatoms. The summed E-state index contributed by atoms with van der Waals surface area (Å²) in [6, 6.07) is 0.362. The van der Waals surface area contributed by atoms with Crippen LogP contribution in [0.3, 0.4) is 0 Å². The molecule has 0 aliphatic carbocycles. The van der Waals surface area contributed by atoms with E-state index in [0.29, 0.717) is 30.8 Å². The monoisotopic (exact) mass is 297 g/mol. The van der Waals surface area contributed by atoms with Gasteiger partial charge in [-0.3, -0.25) is 4.79 Å². The zero-order valence-corrected chi connectivity index (χ0v) is 14.3. The van der Waals surface area contributed by atoms with Crippen LogP contribution >= 0.6 is 11.3 Å². The number of likely N-dealkylation sites (N-methyl/N-ethyl adjacent to an activating group) is 1. The molecule has 0 bridgehead atoms. The van der Waals surface area contributed by atoms with E-state index in [-0.39, 0.29) is 5.91 Å². The van der Waals surface area contributed by atoms with E-state index in [4.69, 9.17) is 0 Å². The predicted octanol–water partition coefficient (Wildman–Crippen LogP) is 2.51. The summed E-state index contributed by atoms with van der Waals surface area (Å²) < 4.78 is 0. The fraction of sp³-hybridized carbons (Fsp3) is 0.733. The number of thiazole rings is 1. The minimum absolute atomic E-state index is 0.0538. The first kappa shape index (κ1) is 17.1. The number of carbonyl (C=O) groups is 1. The molecular formula is C15H27N3OS. The average molecular weight is 297 g/mol. The highest BCUT2D eigenvalue weighted by molar-refractivity contribution is 7.09. The van der Waals surface area contributed by atoms with Crippen molar-refractivity contribution in [2.45, 2.75) is 46.1 Å². The fourth-order valence-electron chi connectivity index (χ4n) is 2.13. The van der Waals surface area contributed by atoms with Crippen molar-refractivity contribution in [1.82, 2.24) is 15.2 Å². The van der Waals surface area contributed by atoms with Crippen molar-refractivity contribution in [2.24, 2.45) is 5.92 Å². The molecule has 0 saturated heterocycles. The molecule has 0 aromatic carbocycles. The highest BCUT2D eigenvalue weighted by Crippen LogP contribution is 2.19. The molecule has 1 aromatic rings. The van der Waals surface area contributed by atoms with E-state index in [2.05, 4.69) is 42.9 Å². The van der Waals surface area contributed by atoms with Crippen LogP contribution in [-0.4, -0.2) is 42.5 Å². The molecule has 0 fully saturated rings. The summed E-state index contributed by atoms with van der Waals surface area (Å²) in [5.41, 5.74) is 0.877. The predicted molar refractivity (Wildman–Crippen MR) is 85.2 cm³/mol. The average Bonchev–Trinajstić information content (AvgIpc) is 2.76. The van der Waals surface area contributed by atoms with Gasteiger partial charge in [0.15, 0.2) is 0 Å². The zero-order valence-electron chi connectivity index (χ0n) is 13.4. The normalized spacial score (nSPS) is 13.2. The van der Waals surface area contributed by atoms with Crippen LogP contribution < -0.4 is 5.32 Å². The molecule has 0 radical (unpaired) electrons. The van der Waals surface area contributed by atoms with Crippen molar-refractivity contribution in [1.29, 1.82) is 0 Å². The molecule has 1 heterocycles. The summed E-state index contributed by atoms with van der Waals surface area (Å²) in [5.74, 6) is 0.992. The Kier molecular flexibility index (Phi) is 6.62. The molecular weight excluding hydrogens is 270 g/mol. The van der Waals surface area contributed by atoms with Gasteiger partial charge < -0.3 is 10.2 Å². The SMILES string of the molecule is CC(C)c1nc(CC(=O)NC[C@H](C(C)C)N(C)C)cs1. The van der Waals surface area contributed by atoms with E-state index in [1.807, 2.05) is 19.5 Å². The van der Waals surface area contributed by atoms with Gasteiger partial charge in [0.05, 0.1) is 17.1 Å². The summed E-state index contributed by atoms with van der Waals surface area (Å²) in [6.07, 6.45) is 0.376. The lowest BCUT2D eigenvalue weighted by Crippen LogP contribution is -2.43. The maximum absolute atomic E-state index is 12.0. The van der Waals surface area contributed by atoms with E-state index in [1.54, 1.807) is 11.3 Å². The molecule has 1 rings (SSSR count). The van der Waals surface area contributed by atoms with Crippen LogP contribution in [0.15, 0.2) is 5.38 Å². The van der Waals surface area contributed by atoms with Gasteiger partial charge in [0.2, 0.25) is 5.91 Å². The van der Waals surface area contributed by atoms with Gasteiger partial charge >= 0.3 is 0 Å². The third-order valence-electron chi connectivity index (χ3n) is 3.35. The molecule has 0 saturated carbocycles. The van der Waals surface area contributed by atoms with Gasteiger partial charge in [0, 0.05) is 23.9 Å². The Morgan fingerprint density at radius 1 is 1.35 bits per heavy atom. The Hall–Kier alpha value is -0.940. The second kappa shape index (κ2) is 7.74. The molecule has 1 N–H and O–H groups in total. The minimum atomic E-state index is 0.0538. The molecule has 0 aliphatic rings. The van der Waals surface area contributed by atoms with E-state index in [1.165, 1.54) is 0 Å². The smallest absolute Gasteiger partial charge is 0.226 e. The van der Waals surface area contributed by atoms with Crippen LogP contribution in [0.2, 0.25) is 0 Å². The number of rotatable bonds is 7. The molecule has 0 aliphatic heterocycles. The highest BCUT2D eigenvalue weighted by atomic mass is 32.1. The summed E-state index contributed by atoms with van der Waals surface area (Å²) >= 11 is 1.63. The van der Waals surface area contributed by atoms with Crippen LogP contribution in [-0.2, 0) is 11.2 Å². The van der Waals surface area contributed by atoms with Crippen molar-refractivity contribution >= 4 is 17.2 Å². The topological polar surface area (TPSA) is 45.2 Å². The number of amides is 1. The first-order valence-electron chi connectivity index (χ1n) is 7.18. The Morgan fingerprint density at radius 3 is 2.45 bits per heavy atom. The molecule has 1 aromatic heterocycles. The lowest BCUT2D eigenvalue weighted by Gasteiger charge is -2.28. The van der Waals surface area contributed by atoms with Gasteiger partial charge in [-0.15, -0.1) is 11.3 Å². The Bertz CT molecular complexity index is 419. The van der Waals surface area contributed by atoms with Crippen LogP contribution in [0.25, 0.3) is 0 Å². The van der Waals surface area contributed by atoms with Crippen molar-refractivity contribution in [3.63, 3.8) is 0 Å². The fourth-order valence-corrected chi connectivity index (χ4v) is 2.96. The Morgan fingerprint density at radius 2 is 2.00 bits per heavy atom. The number of hydrogen-bond donors (Lipinski definition) is 1. The van der Waals surface area contributed by atoms with Gasteiger partial charge in [0.1, 0.15) is 0 Å². The molecule has 4 nitrogen and oxygen atoms in total. The van der Waals surface area contributed by atoms with Crippen molar-refractivity contribution < 1.29 is 4.79 Å².